The highest BCUT2D eigenvalue weighted by Gasteiger charge is 2.36. The Morgan fingerprint density at radius 1 is 1.07 bits per heavy atom. The van der Waals surface area contributed by atoms with E-state index in [2.05, 4.69) is 0 Å². The number of amidine groups is 1. The number of carbonyl (C=O) groups excluding carboxylic acids is 1. The van der Waals surface area contributed by atoms with Crippen LogP contribution in [0.3, 0.4) is 0 Å². The lowest BCUT2D eigenvalue weighted by Crippen LogP contribution is -2.30. The highest BCUT2D eigenvalue weighted by atomic mass is 32.2. The molecule has 6 heteroatoms. The third-order valence-electron chi connectivity index (χ3n) is 4.70. The molecule has 0 spiro atoms. The fourth-order valence-corrected chi connectivity index (χ4v) is 4.54. The first-order valence-corrected chi connectivity index (χ1v) is 10.5. The van der Waals surface area contributed by atoms with Crippen LogP contribution in [-0.2, 0) is 4.79 Å². The standard InChI is InChI=1S/C23H24N2O3S/c1-14(2)24-23-25(21-15(3)6-5-7-16(21)4)22(26)20(29-23)13-17-8-9-18-19(12-17)28-11-10-27-18/h5-9,12-14H,10-11H2,1-4H3/b20-13+,24-23?. The SMILES string of the molecule is Cc1cccc(C)c1N1C(=O)/C(=C\c2ccc3c(c2)OCCO3)SC1=NC(C)C. The van der Waals surface area contributed by atoms with Crippen molar-refractivity contribution in [3.8, 4) is 11.5 Å². The number of para-hydroxylation sites is 1. The Bertz CT molecular complexity index is 1010. The molecule has 29 heavy (non-hydrogen) atoms. The first-order chi connectivity index (χ1) is 13.9. The van der Waals surface area contributed by atoms with Gasteiger partial charge < -0.3 is 9.47 Å². The van der Waals surface area contributed by atoms with Crippen LogP contribution in [-0.4, -0.2) is 30.3 Å². The molecule has 5 nitrogen and oxygen atoms in total. The third kappa shape index (κ3) is 3.90. The van der Waals surface area contributed by atoms with Crippen molar-refractivity contribution in [3.63, 3.8) is 0 Å². The molecule has 150 valence electrons. The Hall–Kier alpha value is -2.73. The quantitative estimate of drug-likeness (QED) is 0.674. The van der Waals surface area contributed by atoms with Crippen molar-refractivity contribution in [2.24, 2.45) is 4.99 Å². The van der Waals surface area contributed by atoms with E-state index in [1.54, 1.807) is 4.90 Å². The second kappa shape index (κ2) is 7.95. The van der Waals surface area contributed by atoms with E-state index >= 15 is 0 Å². The number of hydrogen-bond acceptors (Lipinski definition) is 5. The monoisotopic (exact) mass is 408 g/mol. The van der Waals surface area contributed by atoms with E-state index in [0.29, 0.717) is 29.0 Å². The minimum Gasteiger partial charge on any atom is -0.486 e. The van der Waals surface area contributed by atoms with Gasteiger partial charge in [0.25, 0.3) is 5.91 Å². The summed E-state index contributed by atoms with van der Waals surface area (Å²) in [5, 5.41) is 0.714. The first kappa shape index (κ1) is 19.6. The maximum atomic E-state index is 13.4. The van der Waals surface area contributed by atoms with Crippen molar-refractivity contribution in [3.05, 3.63) is 58.0 Å². The summed E-state index contributed by atoms with van der Waals surface area (Å²) in [5.74, 6) is 1.40. The minimum absolute atomic E-state index is 0.0540. The van der Waals surface area contributed by atoms with Gasteiger partial charge in [-0.3, -0.25) is 14.7 Å². The molecular weight excluding hydrogens is 384 g/mol. The molecule has 2 heterocycles. The average molecular weight is 409 g/mol. The van der Waals surface area contributed by atoms with Crippen LogP contribution in [0.15, 0.2) is 46.3 Å². The molecule has 2 aliphatic heterocycles. The van der Waals surface area contributed by atoms with E-state index in [0.717, 1.165) is 28.1 Å². The van der Waals surface area contributed by atoms with E-state index in [1.807, 2.05) is 70.2 Å². The molecule has 2 aromatic carbocycles. The molecule has 1 amide bonds. The molecule has 0 aromatic heterocycles. The summed E-state index contributed by atoms with van der Waals surface area (Å²) in [4.78, 5) is 20.5. The lowest BCUT2D eigenvalue weighted by Gasteiger charge is -2.21. The summed E-state index contributed by atoms with van der Waals surface area (Å²) < 4.78 is 11.3. The van der Waals surface area contributed by atoms with E-state index < -0.39 is 0 Å². The van der Waals surface area contributed by atoms with Gasteiger partial charge in [-0.2, -0.15) is 0 Å². The van der Waals surface area contributed by atoms with Crippen molar-refractivity contribution in [1.29, 1.82) is 0 Å². The Kier molecular flexibility index (Phi) is 5.37. The van der Waals surface area contributed by atoms with Crippen LogP contribution in [0.2, 0.25) is 0 Å². The number of ether oxygens (including phenoxy) is 2. The summed E-state index contributed by atoms with van der Waals surface area (Å²) in [7, 11) is 0. The van der Waals surface area contributed by atoms with Gasteiger partial charge in [-0.1, -0.05) is 24.3 Å². The number of aliphatic imine (C=N–C) groups is 1. The van der Waals surface area contributed by atoms with Crippen LogP contribution < -0.4 is 14.4 Å². The second-order valence-electron chi connectivity index (χ2n) is 7.40. The molecule has 0 unspecified atom stereocenters. The van der Waals surface area contributed by atoms with Gasteiger partial charge >= 0.3 is 0 Å². The summed E-state index contributed by atoms with van der Waals surface area (Å²) in [5.41, 5.74) is 3.92. The Morgan fingerprint density at radius 2 is 1.76 bits per heavy atom. The largest absolute Gasteiger partial charge is 0.486 e. The molecule has 0 saturated carbocycles. The number of hydrogen-bond donors (Lipinski definition) is 0. The molecular formula is C23H24N2O3S. The van der Waals surface area contributed by atoms with Crippen molar-refractivity contribution in [2.45, 2.75) is 33.7 Å². The molecule has 2 aliphatic rings. The molecule has 1 fully saturated rings. The molecule has 4 rings (SSSR count). The van der Waals surface area contributed by atoms with Gasteiger partial charge in [0.2, 0.25) is 0 Å². The van der Waals surface area contributed by atoms with E-state index in [1.165, 1.54) is 11.8 Å². The van der Waals surface area contributed by atoms with Crippen molar-refractivity contribution < 1.29 is 14.3 Å². The highest BCUT2D eigenvalue weighted by Crippen LogP contribution is 2.40. The average Bonchev–Trinajstić information content (AvgIpc) is 2.96. The number of rotatable bonds is 3. The zero-order valence-electron chi connectivity index (χ0n) is 17.1. The summed E-state index contributed by atoms with van der Waals surface area (Å²) in [6, 6.07) is 11.9. The van der Waals surface area contributed by atoms with E-state index in [9.17, 15) is 4.79 Å². The van der Waals surface area contributed by atoms with Crippen molar-refractivity contribution in [1.82, 2.24) is 0 Å². The number of carbonyl (C=O) groups is 1. The second-order valence-corrected chi connectivity index (χ2v) is 8.41. The fourth-order valence-electron chi connectivity index (χ4n) is 3.44. The zero-order chi connectivity index (χ0) is 20.5. The van der Waals surface area contributed by atoms with Crippen LogP contribution >= 0.6 is 11.8 Å². The molecule has 0 atom stereocenters. The zero-order valence-corrected chi connectivity index (χ0v) is 17.9. The number of thioether (sulfide) groups is 1. The van der Waals surface area contributed by atoms with Gasteiger partial charge in [0.15, 0.2) is 16.7 Å². The van der Waals surface area contributed by atoms with Gasteiger partial charge in [-0.05, 0) is 74.4 Å². The topological polar surface area (TPSA) is 51.1 Å². The fraction of sp³-hybridized carbons (Fsp3) is 0.304. The lowest BCUT2D eigenvalue weighted by molar-refractivity contribution is -0.113. The van der Waals surface area contributed by atoms with Gasteiger partial charge in [0.05, 0.1) is 10.6 Å². The maximum Gasteiger partial charge on any atom is 0.271 e. The normalized spacial score (nSPS) is 18.9. The smallest absolute Gasteiger partial charge is 0.271 e. The Morgan fingerprint density at radius 3 is 2.45 bits per heavy atom. The minimum atomic E-state index is -0.0540. The maximum absolute atomic E-state index is 13.4. The van der Waals surface area contributed by atoms with Crippen molar-refractivity contribution >= 4 is 34.6 Å². The molecule has 0 N–H and O–H groups in total. The van der Waals surface area contributed by atoms with Crippen LogP contribution in [0.25, 0.3) is 6.08 Å². The van der Waals surface area contributed by atoms with E-state index in [4.69, 9.17) is 14.5 Å². The number of fused-ring (bicyclic) bond motifs is 1. The summed E-state index contributed by atoms with van der Waals surface area (Å²) in [6.45, 7) is 9.17. The van der Waals surface area contributed by atoms with Crippen LogP contribution in [0, 0.1) is 13.8 Å². The van der Waals surface area contributed by atoms with Gasteiger partial charge in [-0.25, -0.2) is 0 Å². The predicted molar refractivity (Wildman–Crippen MR) is 119 cm³/mol. The lowest BCUT2D eigenvalue weighted by atomic mass is 10.1. The van der Waals surface area contributed by atoms with Gasteiger partial charge in [-0.15, -0.1) is 0 Å². The number of amides is 1. The first-order valence-electron chi connectivity index (χ1n) is 9.71. The number of benzene rings is 2. The van der Waals surface area contributed by atoms with E-state index in [-0.39, 0.29) is 11.9 Å². The predicted octanol–water partition coefficient (Wildman–Crippen LogP) is 4.96. The van der Waals surface area contributed by atoms with Gasteiger partial charge in [0, 0.05) is 6.04 Å². The summed E-state index contributed by atoms with van der Waals surface area (Å²) in [6.07, 6.45) is 1.90. The molecule has 0 aliphatic carbocycles. The van der Waals surface area contributed by atoms with Crippen LogP contribution in [0.5, 0.6) is 11.5 Å². The van der Waals surface area contributed by atoms with Gasteiger partial charge in [0.1, 0.15) is 13.2 Å². The molecule has 0 radical (unpaired) electrons. The molecule has 0 bridgehead atoms. The number of aryl methyl sites for hydroxylation is 2. The molecule has 1 saturated heterocycles. The Labute approximate surface area is 175 Å². The third-order valence-corrected chi connectivity index (χ3v) is 5.69. The highest BCUT2D eigenvalue weighted by molar-refractivity contribution is 8.19. The van der Waals surface area contributed by atoms with Crippen LogP contribution in [0.1, 0.15) is 30.5 Å². The number of nitrogens with zero attached hydrogens (tertiary/aromatic N) is 2. The Balaban J connectivity index is 1.75. The number of anilines is 1. The van der Waals surface area contributed by atoms with Crippen LogP contribution in [0.4, 0.5) is 5.69 Å². The summed E-state index contributed by atoms with van der Waals surface area (Å²) >= 11 is 1.42. The van der Waals surface area contributed by atoms with Crippen molar-refractivity contribution in [2.75, 3.05) is 18.1 Å². The molecule has 2 aromatic rings.